The fourth-order valence-corrected chi connectivity index (χ4v) is 3.46. The molecule has 1 aliphatic heterocycles. The van der Waals surface area contributed by atoms with Crippen LogP contribution < -0.4 is 4.72 Å². The monoisotopic (exact) mass is 296 g/mol. The Bertz CT molecular complexity index is 530. The van der Waals surface area contributed by atoms with E-state index < -0.39 is 10.0 Å². The summed E-state index contributed by atoms with van der Waals surface area (Å²) >= 11 is 0. The molecule has 1 aliphatic rings. The van der Waals surface area contributed by atoms with Gasteiger partial charge in [0.1, 0.15) is 0 Å². The molecule has 0 unspecified atom stereocenters. The highest BCUT2D eigenvalue weighted by molar-refractivity contribution is 7.88. The number of hydrogen-bond donors (Lipinski definition) is 1. The van der Waals surface area contributed by atoms with Crippen molar-refractivity contribution in [3.8, 4) is 0 Å². The zero-order valence-electron chi connectivity index (χ0n) is 12.3. The molecule has 1 aromatic carbocycles. The Morgan fingerprint density at radius 3 is 2.65 bits per heavy atom. The van der Waals surface area contributed by atoms with Gasteiger partial charge in [0.15, 0.2) is 0 Å². The van der Waals surface area contributed by atoms with Gasteiger partial charge in [-0.1, -0.05) is 37.3 Å². The fraction of sp³-hybridized carbons (Fsp3) is 0.600. The van der Waals surface area contributed by atoms with Crippen LogP contribution in [0.25, 0.3) is 0 Å². The fourth-order valence-electron chi connectivity index (χ4n) is 3.00. The van der Waals surface area contributed by atoms with Crippen molar-refractivity contribution in [2.24, 2.45) is 0 Å². The van der Waals surface area contributed by atoms with Gasteiger partial charge in [-0.3, -0.25) is 0 Å². The van der Waals surface area contributed by atoms with Gasteiger partial charge in [-0.05, 0) is 24.9 Å². The van der Waals surface area contributed by atoms with Gasteiger partial charge >= 0.3 is 0 Å². The van der Waals surface area contributed by atoms with E-state index in [2.05, 4.69) is 40.8 Å². The van der Waals surface area contributed by atoms with Gasteiger partial charge in [-0.2, -0.15) is 0 Å². The number of piperidine rings is 1. The Morgan fingerprint density at radius 2 is 2.00 bits per heavy atom. The SMILES string of the molecule is C[C@]1(c2ccccc2)CCCN(CCNS(C)(=O)=O)C1. The van der Waals surface area contributed by atoms with Gasteiger partial charge in [-0.15, -0.1) is 0 Å². The number of rotatable bonds is 5. The summed E-state index contributed by atoms with van der Waals surface area (Å²) in [4.78, 5) is 2.36. The molecule has 20 heavy (non-hydrogen) atoms. The molecule has 112 valence electrons. The van der Waals surface area contributed by atoms with Crippen LogP contribution in [0, 0.1) is 0 Å². The van der Waals surface area contributed by atoms with Crippen molar-refractivity contribution >= 4 is 10.0 Å². The lowest BCUT2D eigenvalue weighted by Crippen LogP contribution is -2.46. The molecular formula is C15H24N2O2S. The van der Waals surface area contributed by atoms with Crippen molar-refractivity contribution in [2.75, 3.05) is 32.4 Å². The Kier molecular flexibility index (Phi) is 4.83. The molecule has 0 amide bonds. The van der Waals surface area contributed by atoms with Gasteiger partial charge in [0.25, 0.3) is 0 Å². The molecule has 5 heteroatoms. The van der Waals surface area contributed by atoms with E-state index in [4.69, 9.17) is 0 Å². The molecule has 1 atom stereocenters. The molecule has 0 aliphatic carbocycles. The number of benzene rings is 1. The summed E-state index contributed by atoms with van der Waals surface area (Å²) in [7, 11) is -3.08. The van der Waals surface area contributed by atoms with E-state index in [1.54, 1.807) is 0 Å². The predicted molar refractivity (Wildman–Crippen MR) is 82.3 cm³/mol. The summed E-state index contributed by atoms with van der Waals surface area (Å²) in [5.41, 5.74) is 1.55. The maximum atomic E-state index is 11.1. The first kappa shape index (κ1) is 15.5. The molecule has 0 aromatic heterocycles. The number of nitrogens with zero attached hydrogens (tertiary/aromatic N) is 1. The van der Waals surface area contributed by atoms with Crippen LogP contribution in [0.15, 0.2) is 30.3 Å². The topological polar surface area (TPSA) is 49.4 Å². The molecule has 0 radical (unpaired) electrons. The van der Waals surface area contributed by atoms with Crippen LogP contribution >= 0.6 is 0 Å². The third-order valence-corrected chi connectivity index (χ3v) is 4.77. The Labute approximate surface area is 122 Å². The van der Waals surface area contributed by atoms with Crippen molar-refractivity contribution < 1.29 is 8.42 Å². The predicted octanol–water partition coefficient (Wildman–Crippen LogP) is 1.59. The van der Waals surface area contributed by atoms with Crippen molar-refractivity contribution in [3.63, 3.8) is 0 Å². The Hall–Kier alpha value is -0.910. The van der Waals surface area contributed by atoms with E-state index in [1.807, 2.05) is 6.07 Å². The van der Waals surface area contributed by atoms with Crippen LogP contribution in [0.5, 0.6) is 0 Å². The van der Waals surface area contributed by atoms with Crippen molar-refractivity contribution in [2.45, 2.75) is 25.2 Å². The van der Waals surface area contributed by atoms with Crippen LogP contribution in [-0.4, -0.2) is 45.8 Å². The molecule has 1 aromatic rings. The maximum Gasteiger partial charge on any atom is 0.208 e. The van der Waals surface area contributed by atoms with E-state index in [1.165, 1.54) is 18.2 Å². The van der Waals surface area contributed by atoms with Crippen LogP contribution in [0.1, 0.15) is 25.3 Å². The van der Waals surface area contributed by atoms with Gasteiger partial charge in [-0.25, -0.2) is 13.1 Å². The standard InChI is InChI=1S/C15H24N2O2S/c1-15(14-7-4-3-5-8-14)9-6-11-17(13-15)12-10-16-20(2,18)19/h3-5,7-8,16H,6,9-13H2,1-2H3/t15-/m0/s1. The van der Waals surface area contributed by atoms with Crippen LogP contribution in [0.2, 0.25) is 0 Å². The average molecular weight is 296 g/mol. The highest BCUT2D eigenvalue weighted by Gasteiger charge is 2.32. The summed E-state index contributed by atoms with van der Waals surface area (Å²) in [6.45, 7) is 5.61. The minimum Gasteiger partial charge on any atom is -0.301 e. The molecule has 0 saturated carbocycles. The summed E-state index contributed by atoms with van der Waals surface area (Å²) in [6.07, 6.45) is 3.55. The number of sulfonamides is 1. The Balaban J connectivity index is 1.95. The number of nitrogens with one attached hydrogen (secondary N) is 1. The van der Waals surface area contributed by atoms with E-state index in [0.717, 1.165) is 26.1 Å². The summed E-state index contributed by atoms with van der Waals surface area (Å²) in [6, 6.07) is 10.6. The van der Waals surface area contributed by atoms with E-state index in [-0.39, 0.29) is 5.41 Å². The lowest BCUT2D eigenvalue weighted by atomic mass is 9.76. The molecule has 1 heterocycles. The molecule has 1 saturated heterocycles. The zero-order chi connectivity index (χ0) is 14.6. The lowest BCUT2D eigenvalue weighted by Gasteiger charge is -2.41. The summed E-state index contributed by atoms with van der Waals surface area (Å²) in [5.74, 6) is 0. The molecule has 1 fully saturated rings. The van der Waals surface area contributed by atoms with Crippen LogP contribution in [0.4, 0.5) is 0 Å². The second kappa shape index (κ2) is 6.24. The molecular weight excluding hydrogens is 272 g/mol. The maximum absolute atomic E-state index is 11.1. The highest BCUT2D eigenvalue weighted by atomic mass is 32.2. The zero-order valence-corrected chi connectivity index (χ0v) is 13.1. The first-order valence-corrected chi connectivity index (χ1v) is 9.01. The molecule has 4 nitrogen and oxygen atoms in total. The summed E-state index contributed by atoms with van der Waals surface area (Å²) < 4.78 is 24.8. The third kappa shape index (κ3) is 4.30. The van der Waals surface area contributed by atoms with E-state index in [0.29, 0.717) is 6.54 Å². The smallest absolute Gasteiger partial charge is 0.208 e. The second-order valence-corrected chi connectivity index (χ2v) is 7.81. The van der Waals surface area contributed by atoms with Gasteiger partial charge < -0.3 is 4.90 Å². The second-order valence-electron chi connectivity index (χ2n) is 5.97. The van der Waals surface area contributed by atoms with E-state index >= 15 is 0 Å². The van der Waals surface area contributed by atoms with Crippen LogP contribution in [-0.2, 0) is 15.4 Å². The molecule has 1 N–H and O–H groups in total. The minimum absolute atomic E-state index is 0.171. The van der Waals surface area contributed by atoms with Gasteiger partial charge in [0, 0.05) is 25.0 Å². The van der Waals surface area contributed by atoms with Crippen molar-refractivity contribution in [1.82, 2.24) is 9.62 Å². The van der Waals surface area contributed by atoms with Gasteiger partial charge in [0.2, 0.25) is 10.0 Å². The number of likely N-dealkylation sites (tertiary alicyclic amines) is 1. The first-order chi connectivity index (χ1) is 9.39. The normalized spacial score (nSPS) is 24.7. The Morgan fingerprint density at radius 1 is 1.30 bits per heavy atom. The summed E-state index contributed by atoms with van der Waals surface area (Å²) in [5, 5.41) is 0. The first-order valence-electron chi connectivity index (χ1n) is 7.12. The molecule has 0 spiro atoms. The quantitative estimate of drug-likeness (QED) is 0.897. The third-order valence-electron chi connectivity index (χ3n) is 4.04. The minimum atomic E-state index is -3.08. The van der Waals surface area contributed by atoms with E-state index in [9.17, 15) is 8.42 Å². The average Bonchev–Trinajstić information content (AvgIpc) is 2.38. The van der Waals surface area contributed by atoms with Crippen molar-refractivity contribution in [1.29, 1.82) is 0 Å². The molecule has 2 rings (SSSR count). The van der Waals surface area contributed by atoms with Crippen molar-refractivity contribution in [3.05, 3.63) is 35.9 Å². The lowest BCUT2D eigenvalue weighted by molar-refractivity contribution is 0.159. The molecule has 0 bridgehead atoms. The largest absolute Gasteiger partial charge is 0.301 e. The van der Waals surface area contributed by atoms with Gasteiger partial charge in [0.05, 0.1) is 6.26 Å². The highest BCUT2D eigenvalue weighted by Crippen LogP contribution is 2.33. The number of hydrogen-bond acceptors (Lipinski definition) is 3. The van der Waals surface area contributed by atoms with Crippen LogP contribution in [0.3, 0.4) is 0 Å².